The first-order valence-corrected chi connectivity index (χ1v) is 9.96. The molecule has 0 radical (unpaired) electrons. The molecular weight excluding hydrogens is 364 g/mol. The van der Waals surface area contributed by atoms with Crippen LogP contribution in [0.15, 0.2) is 65.5 Å². The Morgan fingerprint density at radius 1 is 1.00 bits per heavy atom. The van der Waals surface area contributed by atoms with Crippen LogP contribution in [-0.2, 0) is 11.3 Å². The van der Waals surface area contributed by atoms with Gasteiger partial charge in [0.1, 0.15) is 5.56 Å². The molecule has 0 aliphatic carbocycles. The highest BCUT2D eigenvalue weighted by Crippen LogP contribution is 2.32. The molecule has 0 saturated heterocycles. The van der Waals surface area contributed by atoms with Crippen molar-refractivity contribution in [3.63, 3.8) is 0 Å². The Morgan fingerprint density at radius 3 is 2.14 bits per heavy atom. The molecule has 0 spiro atoms. The van der Waals surface area contributed by atoms with Crippen LogP contribution in [-0.4, -0.2) is 22.4 Å². The molecule has 1 heterocycles. The van der Waals surface area contributed by atoms with Gasteiger partial charge in [-0.25, -0.2) is 9.48 Å². The number of aryl methyl sites for hydroxylation is 1. The monoisotopic (exact) mass is 390 g/mol. The van der Waals surface area contributed by atoms with E-state index in [1.165, 1.54) is 4.68 Å². The highest BCUT2D eigenvalue weighted by molar-refractivity contribution is 6.00. The van der Waals surface area contributed by atoms with Crippen molar-refractivity contribution in [2.45, 2.75) is 33.7 Å². The molecule has 0 amide bonds. The van der Waals surface area contributed by atoms with E-state index in [0.717, 1.165) is 17.5 Å². The fraction of sp³-hybridized carbons (Fsp3) is 0.292. The average Bonchev–Trinajstić information content (AvgIpc) is 2.73. The topological polar surface area (TPSA) is 61.2 Å². The molecule has 3 aromatic rings. The Kier molecular flexibility index (Phi) is 6.60. The summed E-state index contributed by atoms with van der Waals surface area (Å²) in [6.07, 6.45) is 0.786. The molecule has 0 bridgehead atoms. The van der Waals surface area contributed by atoms with Crippen LogP contribution < -0.4 is 5.56 Å². The molecule has 0 fully saturated rings. The smallest absolute Gasteiger partial charge is 0.344 e. The van der Waals surface area contributed by atoms with Crippen LogP contribution >= 0.6 is 0 Å². The van der Waals surface area contributed by atoms with Crippen LogP contribution in [0.5, 0.6) is 0 Å². The first kappa shape index (κ1) is 20.5. The normalized spacial score (nSPS) is 10.9. The van der Waals surface area contributed by atoms with E-state index >= 15 is 0 Å². The summed E-state index contributed by atoms with van der Waals surface area (Å²) in [6, 6.07) is 19.0. The van der Waals surface area contributed by atoms with Crippen LogP contribution in [0.4, 0.5) is 0 Å². The minimum atomic E-state index is -0.616. The van der Waals surface area contributed by atoms with Gasteiger partial charge < -0.3 is 4.74 Å². The van der Waals surface area contributed by atoms with E-state index in [4.69, 9.17) is 9.84 Å². The molecular formula is C24H26N2O3. The van der Waals surface area contributed by atoms with Crippen molar-refractivity contribution in [1.29, 1.82) is 0 Å². The number of aromatic nitrogens is 2. The number of carbonyl (C=O) groups excluding carboxylic acids is 1. The summed E-state index contributed by atoms with van der Waals surface area (Å²) in [7, 11) is 0. The highest BCUT2D eigenvalue weighted by atomic mass is 16.5. The van der Waals surface area contributed by atoms with Gasteiger partial charge in [0, 0.05) is 17.7 Å². The Hall–Kier alpha value is -3.21. The fourth-order valence-corrected chi connectivity index (χ4v) is 3.18. The van der Waals surface area contributed by atoms with Crippen molar-refractivity contribution < 1.29 is 9.53 Å². The van der Waals surface area contributed by atoms with Crippen molar-refractivity contribution in [2.24, 2.45) is 5.92 Å². The van der Waals surface area contributed by atoms with E-state index in [1.54, 1.807) is 6.92 Å². The number of rotatable bonds is 7. The third-order valence-electron chi connectivity index (χ3n) is 4.66. The largest absolute Gasteiger partial charge is 0.462 e. The van der Waals surface area contributed by atoms with E-state index < -0.39 is 11.5 Å². The van der Waals surface area contributed by atoms with Crippen molar-refractivity contribution in [2.75, 3.05) is 6.61 Å². The van der Waals surface area contributed by atoms with Gasteiger partial charge >= 0.3 is 5.97 Å². The molecule has 0 unspecified atom stereocenters. The number of esters is 1. The Bertz CT molecular complexity index is 1030. The van der Waals surface area contributed by atoms with Crippen LogP contribution in [0.3, 0.4) is 0 Å². The quantitative estimate of drug-likeness (QED) is 0.544. The van der Waals surface area contributed by atoms with E-state index in [9.17, 15) is 9.59 Å². The maximum absolute atomic E-state index is 13.3. The van der Waals surface area contributed by atoms with Gasteiger partial charge in [-0.2, -0.15) is 5.10 Å². The van der Waals surface area contributed by atoms with Crippen molar-refractivity contribution in [1.82, 2.24) is 9.78 Å². The van der Waals surface area contributed by atoms with Gasteiger partial charge in [0.05, 0.1) is 12.3 Å². The number of hydrogen-bond donors (Lipinski definition) is 0. The predicted octanol–water partition coefficient (Wildman–Crippen LogP) is 4.80. The third kappa shape index (κ3) is 4.62. The summed E-state index contributed by atoms with van der Waals surface area (Å²) in [6.45, 7) is 6.55. The summed E-state index contributed by atoms with van der Waals surface area (Å²) in [5.41, 5.74) is 2.34. The predicted molar refractivity (Wildman–Crippen MR) is 115 cm³/mol. The average molecular weight is 390 g/mol. The number of hydrogen-bond acceptors (Lipinski definition) is 4. The van der Waals surface area contributed by atoms with Gasteiger partial charge in [-0.3, -0.25) is 4.79 Å². The zero-order valence-electron chi connectivity index (χ0n) is 17.1. The first-order valence-electron chi connectivity index (χ1n) is 9.96. The molecule has 0 aliphatic heterocycles. The number of carbonyl (C=O) groups is 1. The van der Waals surface area contributed by atoms with E-state index in [0.29, 0.717) is 23.7 Å². The van der Waals surface area contributed by atoms with Crippen molar-refractivity contribution in [3.8, 4) is 22.4 Å². The molecule has 5 nitrogen and oxygen atoms in total. The van der Waals surface area contributed by atoms with Crippen LogP contribution in [0.2, 0.25) is 0 Å². The Morgan fingerprint density at radius 2 is 1.59 bits per heavy atom. The van der Waals surface area contributed by atoms with Gasteiger partial charge in [0.15, 0.2) is 0 Å². The van der Waals surface area contributed by atoms with E-state index in [1.807, 2.05) is 60.7 Å². The first-order chi connectivity index (χ1) is 14.0. The second-order valence-electron chi connectivity index (χ2n) is 7.26. The molecule has 3 rings (SSSR count). The minimum absolute atomic E-state index is 0.0376. The zero-order chi connectivity index (χ0) is 20.8. The molecule has 29 heavy (non-hydrogen) atoms. The maximum Gasteiger partial charge on any atom is 0.344 e. The molecule has 0 aliphatic rings. The molecule has 1 aromatic heterocycles. The molecule has 2 aromatic carbocycles. The van der Waals surface area contributed by atoms with Crippen LogP contribution in [0.1, 0.15) is 37.6 Å². The molecule has 150 valence electrons. The van der Waals surface area contributed by atoms with Gasteiger partial charge in [0.2, 0.25) is 0 Å². The number of ether oxygens (including phenoxy) is 1. The van der Waals surface area contributed by atoms with Gasteiger partial charge in [0.25, 0.3) is 5.56 Å². The molecule has 0 saturated carbocycles. The van der Waals surface area contributed by atoms with Crippen LogP contribution in [0, 0.1) is 5.92 Å². The lowest BCUT2D eigenvalue weighted by Crippen LogP contribution is -2.31. The lowest BCUT2D eigenvalue weighted by atomic mass is 9.95. The molecule has 5 heteroatoms. The molecule has 0 N–H and O–H groups in total. The van der Waals surface area contributed by atoms with Crippen LogP contribution in [0.25, 0.3) is 22.4 Å². The lowest BCUT2D eigenvalue weighted by Gasteiger charge is -2.17. The van der Waals surface area contributed by atoms with Gasteiger partial charge in [-0.05, 0) is 24.8 Å². The fourth-order valence-electron chi connectivity index (χ4n) is 3.18. The van der Waals surface area contributed by atoms with Gasteiger partial charge in [-0.15, -0.1) is 0 Å². The minimum Gasteiger partial charge on any atom is -0.462 e. The van der Waals surface area contributed by atoms with Gasteiger partial charge in [-0.1, -0.05) is 74.5 Å². The summed E-state index contributed by atoms with van der Waals surface area (Å²) < 4.78 is 6.67. The summed E-state index contributed by atoms with van der Waals surface area (Å²) in [5, 5.41) is 4.69. The highest BCUT2D eigenvalue weighted by Gasteiger charge is 2.26. The third-order valence-corrected chi connectivity index (χ3v) is 4.66. The zero-order valence-corrected chi connectivity index (χ0v) is 17.1. The summed E-state index contributed by atoms with van der Waals surface area (Å²) in [5.74, 6) is -0.210. The van der Waals surface area contributed by atoms with Crippen molar-refractivity contribution in [3.05, 3.63) is 76.6 Å². The maximum atomic E-state index is 13.3. The van der Waals surface area contributed by atoms with E-state index in [2.05, 4.69) is 13.8 Å². The second kappa shape index (κ2) is 9.32. The number of nitrogens with zero attached hydrogens (tertiary/aromatic N) is 2. The van der Waals surface area contributed by atoms with E-state index in [-0.39, 0.29) is 12.2 Å². The van der Waals surface area contributed by atoms with Crippen molar-refractivity contribution >= 4 is 5.97 Å². The molecule has 0 atom stereocenters. The summed E-state index contributed by atoms with van der Waals surface area (Å²) in [4.78, 5) is 26.1. The summed E-state index contributed by atoms with van der Waals surface area (Å²) >= 11 is 0. The SMILES string of the molecule is CCOC(=O)c1c(-c2ccccc2)c(-c2ccccc2)nn(CCC(C)C)c1=O. The Balaban J connectivity index is 2.34. The lowest BCUT2D eigenvalue weighted by molar-refractivity contribution is 0.0524. The Labute approximate surface area is 171 Å². The number of benzene rings is 2. The standard InChI is InChI=1S/C24H26N2O3/c1-4-29-24(28)21-20(18-11-7-5-8-12-18)22(19-13-9-6-10-14-19)25-26(23(21)27)16-15-17(2)3/h5-14,17H,4,15-16H2,1-3H3. The second-order valence-corrected chi connectivity index (χ2v) is 7.26.